The first-order chi connectivity index (χ1) is 15.7. The molecule has 0 radical (unpaired) electrons. The second kappa shape index (κ2) is 10.3. The molecule has 1 aliphatic rings. The van der Waals surface area contributed by atoms with E-state index in [1.807, 2.05) is 44.2 Å². The molecular formula is C25H29N3O4. The van der Waals surface area contributed by atoms with Gasteiger partial charge in [0.1, 0.15) is 11.5 Å². The summed E-state index contributed by atoms with van der Waals surface area (Å²) in [5.74, 6) is 2.13. The Labute approximate surface area is 188 Å². The van der Waals surface area contributed by atoms with E-state index in [0.717, 1.165) is 29.9 Å². The van der Waals surface area contributed by atoms with Gasteiger partial charge < -0.3 is 19.3 Å². The predicted octanol–water partition coefficient (Wildman–Crippen LogP) is 4.49. The van der Waals surface area contributed by atoms with Gasteiger partial charge in [-0.25, -0.2) is 0 Å². The smallest absolute Gasteiger partial charge is 0.261 e. The van der Waals surface area contributed by atoms with Crippen LogP contribution in [0.15, 0.2) is 47.0 Å². The number of aromatic nitrogens is 2. The van der Waals surface area contributed by atoms with Crippen LogP contribution in [0.2, 0.25) is 0 Å². The molecule has 0 fully saturated rings. The molecule has 0 saturated carbocycles. The first kappa shape index (κ1) is 21.9. The Bertz CT molecular complexity index is 1050. The lowest BCUT2D eigenvalue weighted by Crippen LogP contribution is -2.37. The van der Waals surface area contributed by atoms with E-state index in [1.165, 1.54) is 24.0 Å². The van der Waals surface area contributed by atoms with Gasteiger partial charge >= 0.3 is 0 Å². The van der Waals surface area contributed by atoms with Gasteiger partial charge in [0, 0.05) is 5.56 Å². The second-order valence-electron chi connectivity index (χ2n) is 7.84. The highest BCUT2D eigenvalue weighted by Gasteiger charge is 2.20. The van der Waals surface area contributed by atoms with Gasteiger partial charge in [0.25, 0.3) is 5.91 Å². The van der Waals surface area contributed by atoms with Crippen LogP contribution in [0.3, 0.4) is 0 Å². The normalized spacial score (nSPS) is 13.8. The summed E-state index contributed by atoms with van der Waals surface area (Å²) in [7, 11) is 0. The van der Waals surface area contributed by atoms with Crippen molar-refractivity contribution in [1.29, 1.82) is 0 Å². The van der Waals surface area contributed by atoms with Crippen molar-refractivity contribution in [3.8, 4) is 22.9 Å². The maximum Gasteiger partial charge on any atom is 0.261 e. The van der Waals surface area contributed by atoms with Crippen LogP contribution in [-0.2, 0) is 24.2 Å². The second-order valence-corrected chi connectivity index (χ2v) is 7.84. The van der Waals surface area contributed by atoms with E-state index >= 15 is 0 Å². The van der Waals surface area contributed by atoms with Crippen LogP contribution in [-0.4, -0.2) is 28.8 Å². The summed E-state index contributed by atoms with van der Waals surface area (Å²) >= 11 is 0. The van der Waals surface area contributed by atoms with Gasteiger partial charge in [-0.1, -0.05) is 18.1 Å². The standard InChI is InChI=1S/C25H29N3O4/c1-3-22(31-21-14-9-17-7-5-6-8-19(17)15-21)25(29)26-16-23-27-24(28-32-23)18-10-12-20(13-11-18)30-4-2/h9-15,22H,3-8,16H2,1-2H3,(H,26,29)/t22-/m1/s1. The number of aryl methyl sites for hydroxylation is 2. The van der Waals surface area contributed by atoms with Gasteiger partial charge in [-0.2, -0.15) is 4.98 Å². The van der Waals surface area contributed by atoms with Crippen molar-refractivity contribution in [3.63, 3.8) is 0 Å². The number of nitrogens with zero attached hydrogens (tertiary/aromatic N) is 2. The monoisotopic (exact) mass is 435 g/mol. The highest BCUT2D eigenvalue weighted by molar-refractivity contribution is 5.81. The molecule has 1 N–H and O–H groups in total. The lowest BCUT2D eigenvalue weighted by Gasteiger charge is -2.20. The van der Waals surface area contributed by atoms with Crippen LogP contribution in [0, 0.1) is 0 Å². The average molecular weight is 436 g/mol. The van der Waals surface area contributed by atoms with Crippen LogP contribution in [0.5, 0.6) is 11.5 Å². The lowest BCUT2D eigenvalue weighted by molar-refractivity contribution is -0.128. The Hall–Kier alpha value is -3.35. The molecule has 1 atom stereocenters. The molecule has 1 aliphatic carbocycles. The van der Waals surface area contributed by atoms with Crippen LogP contribution < -0.4 is 14.8 Å². The molecule has 0 saturated heterocycles. The summed E-state index contributed by atoms with van der Waals surface area (Å²) in [5.41, 5.74) is 3.54. The Morgan fingerprint density at radius 2 is 1.81 bits per heavy atom. The number of amides is 1. The Balaban J connectivity index is 1.33. The molecule has 7 heteroatoms. The van der Waals surface area contributed by atoms with Crippen molar-refractivity contribution in [3.05, 3.63) is 59.5 Å². The number of carbonyl (C=O) groups excluding carboxylic acids is 1. The zero-order valence-corrected chi connectivity index (χ0v) is 18.6. The first-order valence-electron chi connectivity index (χ1n) is 11.3. The number of benzene rings is 2. The molecule has 168 valence electrons. The SMILES string of the molecule is CCOc1ccc(-c2noc(CNC(=O)[C@@H](CC)Oc3ccc4c(c3)CCCC4)n2)cc1. The van der Waals surface area contributed by atoms with Crippen molar-refractivity contribution in [2.75, 3.05) is 6.61 Å². The lowest BCUT2D eigenvalue weighted by atomic mass is 9.92. The zero-order chi connectivity index (χ0) is 22.3. The third kappa shape index (κ3) is 5.28. The molecule has 0 aliphatic heterocycles. The van der Waals surface area contributed by atoms with Crippen LogP contribution in [0.25, 0.3) is 11.4 Å². The fourth-order valence-electron chi connectivity index (χ4n) is 3.86. The van der Waals surface area contributed by atoms with Crippen molar-refractivity contribution >= 4 is 5.91 Å². The number of ether oxygens (including phenoxy) is 2. The minimum absolute atomic E-state index is 0.146. The van der Waals surface area contributed by atoms with E-state index < -0.39 is 6.10 Å². The number of hydrogen-bond acceptors (Lipinski definition) is 6. The molecule has 2 aromatic carbocycles. The predicted molar refractivity (Wildman–Crippen MR) is 121 cm³/mol. The molecule has 4 rings (SSSR count). The molecule has 1 heterocycles. The van der Waals surface area contributed by atoms with E-state index in [2.05, 4.69) is 27.6 Å². The molecule has 0 spiro atoms. The molecule has 3 aromatic rings. The summed E-state index contributed by atoms with van der Waals surface area (Å²) < 4.78 is 16.7. The van der Waals surface area contributed by atoms with Gasteiger partial charge in [-0.3, -0.25) is 4.79 Å². The maximum absolute atomic E-state index is 12.7. The van der Waals surface area contributed by atoms with E-state index in [-0.39, 0.29) is 12.5 Å². The largest absolute Gasteiger partial charge is 0.494 e. The Morgan fingerprint density at radius 1 is 1.06 bits per heavy atom. The summed E-state index contributed by atoms with van der Waals surface area (Å²) in [6, 6.07) is 13.6. The summed E-state index contributed by atoms with van der Waals surface area (Å²) in [6.45, 7) is 4.63. The van der Waals surface area contributed by atoms with Crippen molar-refractivity contribution in [2.24, 2.45) is 0 Å². The number of carbonyl (C=O) groups is 1. The summed E-state index contributed by atoms with van der Waals surface area (Å²) in [5, 5.41) is 6.85. The number of fused-ring (bicyclic) bond motifs is 1. The van der Waals surface area contributed by atoms with Crippen LogP contribution >= 0.6 is 0 Å². The van der Waals surface area contributed by atoms with E-state index in [9.17, 15) is 4.79 Å². The van der Waals surface area contributed by atoms with Gasteiger partial charge in [0.15, 0.2) is 6.10 Å². The number of rotatable bonds is 9. The van der Waals surface area contributed by atoms with E-state index in [4.69, 9.17) is 14.0 Å². The maximum atomic E-state index is 12.7. The van der Waals surface area contributed by atoms with E-state index in [0.29, 0.717) is 24.7 Å². The van der Waals surface area contributed by atoms with Crippen molar-refractivity contribution in [2.45, 2.75) is 58.6 Å². The van der Waals surface area contributed by atoms with Gasteiger partial charge in [-0.15, -0.1) is 0 Å². The first-order valence-corrected chi connectivity index (χ1v) is 11.3. The third-order valence-electron chi connectivity index (χ3n) is 5.57. The molecule has 0 unspecified atom stereocenters. The number of nitrogens with one attached hydrogen (secondary N) is 1. The molecule has 32 heavy (non-hydrogen) atoms. The molecule has 1 amide bonds. The van der Waals surface area contributed by atoms with Gasteiger partial charge in [0.05, 0.1) is 13.2 Å². The fraction of sp³-hybridized carbons (Fsp3) is 0.400. The highest BCUT2D eigenvalue weighted by Crippen LogP contribution is 2.26. The van der Waals surface area contributed by atoms with Crippen molar-refractivity contribution in [1.82, 2.24) is 15.5 Å². The zero-order valence-electron chi connectivity index (χ0n) is 18.6. The Morgan fingerprint density at radius 3 is 2.56 bits per heavy atom. The fourth-order valence-corrected chi connectivity index (χ4v) is 3.86. The quantitative estimate of drug-likeness (QED) is 0.533. The summed E-state index contributed by atoms with van der Waals surface area (Å²) in [4.78, 5) is 17.0. The third-order valence-corrected chi connectivity index (χ3v) is 5.57. The summed E-state index contributed by atoms with van der Waals surface area (Å²) in [6.07, 6.45) is 4.62. The molecule has 7 nitrogen and oxygen atoms in total. The van der Waals surface area contributed by atoms with Gasteiger partial charge in [-0.05, 0) is 86.6 Å². The van der Waals surface area contributed by atoms with Crippen LogP contribution in [0.1, 0.15) is 50.1 Å². The van der Waals surface area contributed by atoms with Crippen molar-refractivity contribution < 1.29 is 18.8 Å². The Kier molecular flexibility index (Phi) is 7.04. The highest BCUT2D eigenvalue weighted by atomic mass is 16.5. The molecular weight excluding hydrogens is 406 g/mol. The molecule has 0 bridgehead atoms. The molecule has 1 aromatic heterocycles. The minimum Gasteiger partial charge on any atom is -0.494 e. The number of hydrogen-bond donors (Lipinski definition) is 1. The van der Waals surface area contributed by atoms with Gasteiger partial charge in [0.2, 0.25) is 11.7 Å². The van der Waals surface area contributed by atoms with E-state index in [1.54, 1.807) is 0 Å². The van der Waals surface area contributed by atoms with Crippen LogP contribution in [0.4, 0.5) is 0 Å². The average Bonchev–Trinajstić information content (AvgIpc) is 3.30. The minimum atomic E-state index is -0.579. The topological polar surface area (TPSA) is 86.5 Å².